The minimum Gasteiger partial charge on any atom is -0.365 e. The maximum absolute atomic E-state index is 13.9. The van der Waals surface area contributed by atoms with Gasteiger partial charge in [-0.3, -0.25) is 14.2 Å². The Morgan fingerprint density at radius 1 is 1.07 bits per heavy atom. The van der Waals surface area contributed by atoms with Crippen molar-refractivity contribution in [3.8, 4) is 0 Å². The molecule has 2 aromatic carbocycles. The van der Waals surface area contributed by atoms with Crippen molar-refractivity contribution in [2.24, 2.45) is 4.99 Å². The molecule has 29 heavy (non-hydrogen) atoms. The van der Waals surface area contributed by atoms with Crippen molar-refractivity contribution >= 4 is 23.4 Å². The Balaban J connectivity index is 1.80. The van der Waals surface area contributed by atoms with Crippen molar-refractivity contribution in [1.29, 1.82) is 0 Å². The van der Waals surface area contributed by atoms with Gasteiger partial charge in [0.05, 0.1) is 5.69 Å². The van der Waals surface area contributed by atoms with Crippen LogP contribution in [-0.4, -0.2) is 15.6 Å². The standard InChI is InChI=1S/C23H19FN4O/c1-16-8-7-13-28-22(16)27-21(26-14-17-9-3-2-4-10-17)18(23(28)29)15-25-20-12-6-5-11-19(20)24/h2-13,15,26H,14H2,1H3. The molecule has 2 heterocycles. The Hall–Kier alpha value is -3.80. The molecule has 0 unspecified atom stereocenters. The van der Waals surface area contributed by atoms with Crippen LogP contribution in [-0.2, 0) is 6.54 Å². The van der Waals surface area contributed by atoms with E-state index in [1.807, 2.05) is 43.3 Å². The van der Waals surface area contributed by atoms with Crippen molar-refractivity contribution in [2.45, 2.75) is 13.5 Å². The molecule has 0 aliphatic rings. The van der Waals surface area contributed by atoms with Crippen molar-refractivity contribution < 1.29 is 4.39 Å². The van der Waals surface area contributed by atoms with Crippen LogP contribution in [0.5, 0.6) is 0 Å². The van der Waals surface area contributed by atoms with E-state index in [-0.39, 0.29) is 16.8 Å². The number of aliphatic imine (C=N–C) groups is 1. The van der Waals surface area contributed by atoms with E-state index in [9.17, 15) is 9.18 Å². The summed E-state index contributed by atoms with van der Waals surface area (Å²) >= 11 is 0. The number of hydrogen-bond donors (Lipinski definition) is 1. The number of hydrogen-bond acceptors (Lipinski definition) is 4. The number of halogens is 1. The lowest BCUT2D eigenvalue weighted by Crippen LogP contribution is -2.23. The number of benzene rings is 2. The maximum atomic E-state index is 13.9. The summed E-state index contributed by atoms with van der Waals surface area (Å²) < 4.78 is 15.4. The van der Waals surface area contributed by atoms with Crippen molar-refractivity contribution in [3.05, 3.63) is 106 Å². The molecule has 0 aliphatic heterocycles. The summed E-state index contributed by atoms with van der Waals surface area (Å²) in [6.45, 7) is 2.39. The van der Waals surface area contributed by atoms with Crippen LogP contribution >= 0.6 is 0 Å². The van der Waals surface area contributed by atoms with E-state index in [1.54, 1.807) is 30.5 Å². The lowest BCUT2D eigenvalue weighted by Gasteiger charge is -2.12. The van der Waals surface area contributed by atoms with Gasteiger partial charge in [-0.05, 0) is 36.2 Å². The van der Waals surface area contributed by atoms with Crippen LogP contribution in [0.3, 0.4) is 0 Å². The van der Waals surface area contributed by atoms with Gasteiger partial charge in [-0.25, -0.2) is 9.37 Å². The summed E-state index contributed by atoms with van der Waals surface area (Å²) in [4.78, 5) is 22.0. The number of fused-ring (bicyclic) bond motifs is 1. The molecule has 1 N–H and O–H groups in total. The van der Waals surface area contributed by atoms with Crippen LogP contribution in [0, 0.1) is 12.7 Å². The molecule has 0 bridgehead atoms. The van der Waals surface area contributed by atoms with E-state index < -0.39 is 5.82 Å². The molecule has 0 saturated heterocycles. The highest BCUT2D eigenvalue weighted by atomic mass is 19.1. The second-order valence-electron chi connectivity index (χ2n) is 6.61. The van der Waals surface area contributed by atoms with E-state index in [1.165, 1.54) is 16.7 Å². The van der Waals surface area contributed by atoms with E-state index in [4.69, 9.17) is 0 Å². The molecule has 6 heteroatoms. The summed E-state index contributed by atoms with van der Waals surface area (Å²) in [6.07, 6.45) is 3.04. The van der Waals surface area contributed by atoms with Gasteiger partial charge in [-0.15, -0.1) is 0 Å². The normalized spacial score (nSPS) is 11.2. The van der Waals surface area contributed by atoms with E-state index in [0.29, 0.717) is 18.0 Å². The van der Waals surface area contributed by atoms with Crippen LogP contribution in [0.25, 0.3) is 5.65 Å². The van der Waals surface area contributed by atoms with Gasteiger partial charge >= 0.3 is 0 Å². The molecule has 5 nitrogen and oxygen atoms in total. The van der Waals surface area contributed by atoms with Crippen LogP contribution in [0.4, 0.5) is 15.9 Å². The Morgan fingerprint density at radius 3 is 2.62 bits per heavy atom. The molecule has 0 atom stereocenters. The molecule has 144 valence electrons. The van der Waals surface area contributed by atoms with E-state index >= 15 is 0 Å². The van der Waals surface area contributed by atoms with E-state index in [2.05, 4.69) is 15.3 Å². The zero-order chi connectivity index (χ0) is 20.2. The minimum atomic E-state index is -0.452. The summed E-state index contributed by atoms with van der Waals surface area (Å²) in [7, 11) is 0. The predicted octanol–water partition coefficient (Wildman–Crippen LogP) is 4.50. The number of aryl methyl sites for hydroxylation is 1. The number of nitrogens with one attached hydrogen (secondary N) is 1. The molecule has 2 aromatic heterocycles. The van der Waals surface area contributed by atoms with Gasteiger partial charge < -0.3 is 5.32 Å². The molecule has 0 amide bonds. The lowest BCUT2D eigenvalue weighted by molar-refractivity contribution is 0.630. The third-order valence-corrected chi connectivity index (χ3v) is 4.57. The monoisotopic (exact) mass is 386 g/mol. The average molecular weight is 386 g/mol. The second-order valence-corrected chi connectivity index (χ2v) is 6.61. The van der Waals surface area contributed by atoms with Gasteiger partial charge in [0.2, 0.25) is 0 Å². The summed E-state index contributed by atoms with van der Waals surface area (Å²) in [5.41, 5.74) is 2.66. The zero-order valence-electron chi connectivity index (χ0n) is 15.8. The zero-order valence-corrected chi connectivity index (χ0v) is 15.8. The van der Waals surface area contributed by atoms with E-state index in [0.717, 1.165) is 11.1 Å². The minimum absolute atomic E-state index is 0.162. The van der Waals surface area contributed by atoms with Crippen LogP contribution in [0.2, 0.25) is 0 Å². The highest BCUT2D eigenvalue weighted by Gasteiger charge is 2.13. The summed E-state index contributed by atoms with van der Waals surface area (Å²) in [6, 6.07) is 19.7. The fourth-order valence-corrected chi connectivity index (χ4v) is 3.03. The van der Waals surface area contributed by atoms with Crippen LogP contribution in [0.15, 0.2) is 82.7 Å². The lowest BCUT2D eigenvalue weighted by atomic mass is 10.2. The summed E-state index contributed by atoms with van der Waals surface area (Å²) in [5, 5.41) is 3.23. The smallest absolute Gasteiger partial charge is 0.268 e. The number of anilines is 1. The molecule has 0 saturated carbocycles. The molecule has 0 radical (unpaired) electrons. The molecule has 0 fully saturated rings. The predicted molar refractivity (Wildman–Crippen MR) is 114 cm³/mol. The Bertz CT molecular complexity index is 1250. The van der Waals surface area contributed by atoms with Gasteiger partial charge in [0.15, 0.2) is 0 Å². The highest BCUT2D eigenvalue weighted by molar-refractivity contribution is 5.88. The van der Waals surface area contributed by atoms with Gasteiger partial charge in [0.25, 0.3) is 5.56 Å². The third kappa shape index (κ3) is 3.91. The molecule has 0 aliphatic carbocycles. The van der Waals surface area contributed by atoms with Gasteiger partial charge in [0.1, 0.15) is 22.8 Å². The number of rotatable bonds is 5. The largest absolute Gasteiger partial charge is 0.365 e. The Labute approximate surface area is 167 Å². The summed E-state index contributed by atoms with van der Waals surface area (Å²) in [5.74, 6) is -0.0412. The Morgan fingerprint density at radius 2 is 1.83 bits per heavy atom. The molecule has 4 rings (SSSR count). The SMILES string of the molecule is Cc1cccn2c(=O)c(C=Nc3ccccc3F)c(NCc3ccccc3)nc12. The van der Waals surface area contributed by atoms with Gasteiger partial charge in [-0.2, -0.15) is 0 Å². The van der Waals surface area contributed by atoms with Crippen molar-refractivity contribution in [1.82, 2.24) is 9.38 Å². The number of pyridine rings is 1. The second kappa shape index (κ2) is 8.06. The first-order valence-corrected chi connectivity index (χ1v) is 9.22. The molecule has 0 spiro atoms. The molecular weight excluding hydrogens is 367 g/mol. The van der Waals surface area contributed by atoms with Crippen LogP contribution < -0.4 is 10.9 Å². The first-order valence-electron chi connectivity index (χ1n) is 9.22. The number of nitrogens with zero attached hydrogens (tertiary/aromatic N) is 3. The van der Waals surface area contributed by atoms with Gasteiger partial charge in [-0.1, -0.05) is 48.5 Å². The maximum Gasteiger partial charge on any atom is 0.268 e. The molecular formula is C23H19FN4O. The number of para-hydroxylation sites is 1. The average Bonchev–Trinajstić information content (AvgIpc) is 2.74. The highest BCUT2D eigenvalue weighted by Crippen LogP contribution is 2.18. The first kappa shape index (κ1) is 18.6. The fourth-order valence-electron chi connectivity index (χ4n) is 3.03. The number of aromatic nitrogens is 2. The van der Waals surface area contributed by atoms with Crippen molar-refractivity contribution in [2.75, 3.05) is 5.32 Å². The fraction of sp³-hybridized carbons (Fsp3) is 0.0870. The van der Waals surface area contributed by atoms with Crippen molar-refractivity contribution in [3.63, 3.8) is 0 Å². The van der Waals surface area contributed by atoms with Gasteiger partial charge in [0, 0.05) is 19.0 Å². The first-order chi connectivity index (χ1) is 14.1. The topological polar surface area (TPSA) is 58.8 Å². The Kier molecular flexibility index (Phi) is 5.16. The van der Waals surface area contributed by atoms with Crippen LogP contribution in [0.1, 0.15) is 16.7 Å². The quantitative estimate of drug-likeness (QED) is 0.514. The molecule has 4 aromatic rings. The third-order valence-electron chi connectivity index (χ3n) is 4.57.